The maximum Gasteiger partial charge on any atom is 0.277 e. The molecule has 0 saturated carbocycles. The van der Waals surface area contributed by atoms with Crippen molar-refractivity contribution in [2.45, 2.75) is 12.5 Å². The highest BCUT2D eigenvalue weighted by molar-refractivity contribution is 9.11. The van der Waals surface area contributed by atoms with Crippen LogP contribution in [0.15, 0.2) is 28.1 Å². The quantitative estimate of drug-likeness (QED) is 0.404. The number of hydrogen-bond acceptors (Lipinski definition) is 5. The standard InChI is InChI=1S/C13H11BrClNO4S/c1-19-11-4-8(6-15)10(16(17)18)5-12(11)20-7-9-2-3-13(14)21-9/h2-5H,6-7H2,1H3. The molecule has 0 bridgehead atoms. The predicted molar refractivity (Wildman–Crippen MR) is 85.6 cm³/mol. The van der Waals surface area contributed by atoms with Crippen molar-refractivity contribution in [1.82, 2.24) is 0 Å². The molecule has 1 aromatic heterocycles. The van der Waals surface area contributed by atoms with Crippen LogP contribution in [-0.2, 0) is 12.5 Å². The molecule has 0 N–H and O–H groups in total. The van der Waals surface area contributed by atoms with Crippen LogP contribution in [0.3, 0.4) is 0 Å². The van der Waals surface area contributed by atoms with Crippen LogP contribution >= 0.6 is 38.9 Å². The molecule has 0 amide bonds. The van der Waals surface area contributed by atoms with Crippen LogP contribution in [0.25, 0.3) is 0 Å². The van der Waals surface area contributed by atoms with Crippen LogP contribution in [0, 0.1) is 10.1 Å². The van der Waals surface area contributed by atoms with E-state index in [0.717, 1.165) is 8.66 Å². The predicted octanol–water partition coefficient (Wildman–Crippen LogP) is 4.75. The number of rotatable bonds is 6. The van der Waals surface area contributed by atoms with Gasteiger partial charge in [0.25, 0.3) is 5.69 Å². The minimum absolute atomic E-state index is 0.0326. The summed E-state index contributed by atoms with van der Waals surface area (Å²) in [6.45, 7) is 0.310. The van der Waals surface area contributed by atoms with Gasteiger partial charge in [-0.05, 0) is 34.1 Å². The summed E-state index contributed by atoms with van der Waals surface area (Å²) < 4.78 is 11.8. The number of nitrogens with zero attached hydrogens (tertiary/aromatic N) is 1. The van der Waals surface area contributed by atoms with Gasteiger partial charge in [-0.1, -0.05) is 0 Å². The van der Waals surface area contributed by atoms with E-state index in [1.54, 1.807) is 0 Å². The highest BCUT2D eigenvalue weighted by Crippen LogP contribution is 2.36. The Labute approximate surface area is 138 Å². The largest absolute Gasteiger partial charge is 0.493 e. The molecule has 8 heteroatoms. The number of hydrogen-bond donors (Lipinski definition) is 0. The van der Waals surface area contributed by atoms with E-state index in [1.807, 2.05) is 12.1 Å². The summed E-state index contributed by atoms with van der Waals surface area (Å²) in [5.74, 6) is 0.777. The second kappa shape index (κ2) is 7.11. The monoisotopic (exact) mass is 391 g/mol. The van der Waals surface area contributed by atoms with Crippen molar-refractivity contribution in [1.29, 1.82) is 0 Å². The first-order valence-corrected chi connectivity index (χ1v) is 7.97. The Morgan fingerprint density at radius 1 is 1.38 bits per heavy atom. The van der Waals surface area contributed by atoms with Gasteiger partial charge in [-0.25, -0.2) is 0 Å². The molecule has 0 saturated heterocycles. The van der Waals surface area contributed by atoms with E-state index in [-0.39, 0.29) is 11.6 Å². The highest BCUT2D eigenvalue weighted by atomic mass is 79.9. The van der Waals surface area contributed by atoms with Gasteiger partial charge in [0.2, 0.25) is 0 Å². The maximum atomic E-state index is 11.1. The third kappa shape index (κ3) is 3.87. The zero-order valence-corrected chi connectivity index (χ0v) is 14.1. The van der Waals surface area contributed by atoms with Gasteiger partial charge in [0.05, 0.1) is 27.8 Å². The second-order valence-corrected chi connectivity index (χ2v) is 6.83. The molecule has 0 aliphatic carbocycles. The zero-order chi connectivity index (χ0) is 15.4. The number of benzene rings is 1. The van der Waals surface area contributed by atoms with E-state index in [1.165, 1.54) is 30.6 Å². The number of methoxy groups -OCH3 is 1. The van der Waals surface area contributed by atoms with Crippen molar-refractivity contribution in [2.75, 3.05) is 7.11 Å². The Balaban J connectivity index is 2.28. The lowest BCUT2D eigenvalue weighted by Gasteiger charge is -2.11. The third-order valence-electron chi connectivity index (χ3n) is 2.70. The molecule has 0 radical (unpaired) electrons. The number of halogens is 2. The van der Waals surface area contributed by atoms with Crippen LogP contribution in [-0.4, -0.2) is 12.0 Å². The molecular weight excluding hydrogens is 382 g/mol. The molecule has 21 heavy (non-hydrogen) atoms. The molecule has 0 atom stereocenters. The average Bonchev–Trinajstić information content (AvgIpc) is 2.89. The number of alkyl halides is 1. The lowest BCUT2D eigenvalue weighted by Crippen LogP contribution is -2.00. The van der Waals surface area contributed by atoms with E-state index in [0.29, 0.717) is 23.7 Å². The molecule has 0 fully saturated rings. The SMILES string of the molecule is COc1cc(CCl)c([N+](=O)[O-])cc1OCc1ccc(Br)s1. The number of ether oxygens (including phenoxy) is 2. The number of nitro groups is 1. The molecule has 0 unspecified atom stereocenters. The molecule has 5 nitrogen and oxygen atoms in total. The zero-order valence-electron chi connectivity index (χ0n) is 11.0. The van der Waals surface area contributed by atoms with Gasteiger partial charge in [-0.3, -0.25) is 10.1 Å². The van der Waals surface area contributed by atoms with Gasteiger partial charge in [0.15, 0.2) is 11.5 Å². The fourth-order valence-electron chi connectivity index (χ4n) is 1.72. The molecule has 1 aromatic carbocycles. The summed E-state index contributed by atoms with van der Waals surface area (Å²) in [6.07, 6.45) is 0. The first-order chi connectivity index (χ1) is 10.0. The van der Waals surface area contributed by atoms with Crippen molar-refractivity contribution >= 4 is 44.6 Å². The summed E-state index contributed by atoms with van der Waals surface area (Å²) >= 11 is 10.6. The van der Waals surface area contributed by atoms with Crippen molar-refractivity contribution in [3.63, 3.8) is 0 Å². The van der Waals surface area contributed by atoms with Gasteiger partial charge in [-0.2, -0.15) is 0 Å². The molecule has 2 rings (SSSR count). The lowest BCUT2D eigenvalue weighted by molar-refractivity contribution is -0.385. The molecule has 0 aliphatic heterocycles. The van der Waals surface area contributed by atoms with Crippen LogP contribution in [0.4, 0.5) is 5.69 Å². The Bertz CT molecular complexity index is 662. The second-order valence-electron chi connectivity index (χ2n) is 4.02. The van der Waals surface area contributed by atoms with E-state index in [9.17, 15) is 10.1 Å². The highest BCUT2D eigenvalue weighted by Gasteiger charge is 2.19. The number of nitro benzene ring substituents is 1. The van der Waals surface area contributed by atoms with E-state index < -0.39 is 4.92 Å². The molecule has 112 valence electrons. The topological polar surface area (TPSA) is 61.6 Å². The first kappa shape index (κ1) is 16.1. The molecule has 0 aliphatic rings. The van der Waals surface area contributed by atoms with Crippen LogP contribution < -0.4 is 9.47 Å². The number of thiophene rings is 1. The van der Waals surface area contributed by atoms with E-state index >= 15 is 0 Å². The summed E-state index contributed by atoms with van der Waals surface area (Å²) in [6, 6.07) is 6.71. The third-order valence-corrected chi connectivity index (χ3v) is 4.59. The normalized spacial score (nSPS) is 10.4. The Hall–Kier alpha value is -1.31. The molecule has 1 heterocycles. The average molecular weight is 393 g/mol. The fraction of sp³-hybridized carbons (Fsp3) is 0.231. The summed E-state index contributed by atoms with van der Waals surface area (Å²) in [7, 11) is 1.48. The Kier molecular flexibility index (Phi) is 5.44. The van der Waals surface area contributed by atoms with Crippen molar-refractivity contribution in [2.24, 2.45) is 0 Å². The van der Waals surface area contributed by atoms with E-state index in [2.05, 4.69) is 15.9 Å². The smallest absolute Gasteiger partial charge is 0.277 e. The summed E-state index contributed by atoms with van der Waals surface area (Å²) in [5, 5.41) is 11.1. The Morgan fingerprint density at radius 2 is 2.14 bits per heavy atom. The van der Waals surface area contributed by atoms with Crippen molar-refractivity contribution in [3.05, 3.63) is 48.6 Å². The molecule has 0 spiro atoms. The Morgan fingerprint density at radius 3 is 2.67 bits per heavy atom. The van der Waals surface area contributed by atoms with Gasteiger partial charge in [-0.15, -0.1) is 22.9 Å². The minimum Gasteiger partial charge on any atom is -0.493 e. The van der Waals surface area contributed by atoms with Gasteiger partial charge in [0, 0.05) is 10.4 Å². The summed E-state index contributed by atoms with van der Waals surface area (Å²) in [5.41, 5.74) is 0.317. The van der Waals surface area contributed by atoms with Crippen LogP contribution in [0.1, 0.15) is 10.4 Å². The fourth-order valence-corrected chi connectivity index (χ4v) is 3.33. The lowest BCUT2D eigenvalue weighted by atomic mass is 10.2. The van der Waals surface area contributed by atoms with Crippen LogP contribution in [0.5, 0.6) is 11.5 Å². The maximum absolute atomic E-state index is 11.1. The van der Waals surface area contributed by atoms with Gasteiger partial charge < -0.3 is 9.47 Å². The van der Waals surface area contributed by atoms with Gasteiger partial charge >= 0.3 is 0 Å². The molecular formula is C13H11BrClNO4S. The van der Waals surface area contributed by atoms with Gasteiger partial charge in [0.1, 0.15) is 6.61 Å². The van der Waals surface area contributed by atoms with E-state index in [4.69, 9.17) is 21.1 Å². The minimum atomic E-state index is -0.480. The molecule has 2 aromatic rings. The van der Waals surface area contributed by atoms with Crippen LogP contribution in [0.2, 0.25) is 0 Å². The summed E-state index contributed by atoms with van der Waals surface area (Å²) in [4.78, 5) is 11.6. The van der Waals surface area contributed by atoms with Crippen molar-refractivity contribution in [3.8, 4) is 11.5 Å². The van der Waals surface area contributed by atoms with Crippen molar-refractivity contribution < 1.29 is 14.4 Å². The first-order valence-electron chi connectivity index (χ1n) is 5.83.